The van der Waals surface area contributed by atoms with Gasteiger partial charge in [-0.2, -0.15) is 0 Å². The molecule has 1 aromatic rings. The fraction of sp³-hybridized carbons (Fsp3) is 0.412. The Labute approximate surface area is 145 Å². The average molecular weight is 353 g/mol. The van der Waals surface area contributed by atoms with E-state index in [2.05, 4.69) is 0 Å². The summed E-state index contributed by atoms with van der Waals surface area (Å²) in [5.74, 6) is 0.449. The zero-order valence-electron chi connectivity index (χ0n) is 12.7. The maximum absolute atomic E-state index is 12.2. The Morgan fingerprint density at radius 3 is 2.26 bits per heavy atom. The first-order valence-electron chi connectivity index (χ1n) is 7.75. The SMILES string of the molecule is O=C(/C=C/c1ccc(Cl)c(Cl)c1)N1CCN(C(=O)C2CC2)CC1. The monoisotopic (exact) mass is 352 g/mol. The number of benzene rings is 1. The summed E-state index contributed by atoms with van der Waals surface area (Å²) in [5, 5.41) is 0.958. The van der Waals surface area contributed by atoms with E-state index in [-0.39, 0.29) is 17.7 Å². The van der Waals surface area contributed by atoms with E-state index in [4.69, 9.17) is 23.2 Å². The first-order chi connectivity index (χ1) is 11.0. The van der Waals surface area contributed by atoms with E-state index in [0.717, 1.165) is 18.4 Å². The molecule has 23 heavy (non-hydrogen) atoms. The van der Waals surface area contributed by atoms with Crippen LogP contribution in [0.15, 0.2) is 24.3 Å². The lowest BCUT2D eigenvalue weighted by molar-refractivity contribution is -0.138. The van der Waals surface area contributed by atoms with E-state index in [1.54, 1.807) is 23.1 Å². The summed E-state index contributed by atoms with van der Waals surface area (Å²) in [7, 11) is 0. The predicted molar refractivity (Wildman–Crippen MR) is 91.4 cm³/mol. The molecule has 1 heterocycles. The fourth-order valence-corrected chi connectivity index (χ4v) is 2.93. The molecule has 0 bridgehead atoms. The number of piperazine rings is 1. The number of halogens is 2. The molecule has 6 heteroatoms. The van der Waals surface area contributed by atoms with Gasteiger partial charge in [0.15, 0.2) is 0 Å². The van der Waals surface area contributed by atoms with E-state index in [1.807, 2.05) is 11.0 Å². The van der Waals surface area contributed by atoms with Crippen molar-refractivity contribution in [2.75, 3.05) is 26.2 Å². The first kappa shape index (κ1) is 16.3. The number of amides is 2. The van der Waals surface area contributed by atoms with Gasteiger partial charge in [-0.25, -0.2) is 0 Å². The van der Waals surface area contributed by atoms with Crippen molar-refractivity contribution in [3.63, 3.8) is 0 Å². The van der Waals surface area contributed by atoms with Crippen molar-refractivity contribution in [2.45, 2.75) is 12.8 Å². The minimum absolute atomic E-state index is 0.0467. The van der Waals surface area contributed by atoms with Crippen LogP contribution in [0.4, 0.5) is 0 Å². The zero-order valence-corrected chi connectivity index (χ0v) is 14.2. The third-order valence-electron chi connectivity index (χ3n) is 4.19. The summed E-state index contributed by atoms with van der Waals surface area (Å²) < 4.78 is 0. The standard InChI is InChI=1S/C17H18Cl2N2O2/c18-14-5-1-12(11-15(14)19)2-6-16(22)20-7-9-21(10-8-20)17(23)13-3-4-13/h1-2,5-6,11,13H,3-4,7-10H2/b6-2+. The van der Waals surface area contributed by atoms with Crippen LogP contribution >= 0.6 is 23.2 Å². The van der Waals surface area contributed by atoms with Gasteiger partial charge in [-0.1, -0.05) is 29.3 Å². The van der Waals surface area contributed by atoms with Crippen LogP contribution in [-0.4, -0.2) is 47.8 Å². The second-order valence-corrected chi connectivity index (χ2v) is 6.75. The topological polar surface area (TPSA) is 40.6 Å². The highest BCUT2D eigenvalue weighted by Gasteiger charge is 2.34. The van der Waals surface area contributed by atoms with E-state index < -0.39 is 0 Å². The van der Waals surface area contributed by atoms with Gasteiger partial charge in [0.05, 0.1) is 10.0 Å². The van der Waals surface area contributed by atoms with Crippen LogP contribution in [0.25, 0.3) is 6.08 Å². The number of rotatable bonds is 3. The molecule has 1 saturated carbocycles. The Morgan fingerprint density at radius 2 is 1.65 bits per heavy atom. The lowest BCUT2D eigenvalue weighted by Crippen LogP contribution is -2.50. The smallest absolute Gasteiger partial charge is 0.246 e. The second-order valence-electron chi connectivity index (χ2n) is 5.93. The quantitative estimate of drug-likeness (QED) is 0.784. The van der Waals surface area contributed by atoms with E-state index >= 15 is 0 Å². The molecule has 0 radical (unpaired) electrons. The molecule has 2 amide bonds. The lowest BCUT2D eigenvalue weighted by atomic mass is 10.2. The van der Waals surface area contributed by atoms with Crippen LogP contribution in [0.5, 0.6) is 0 Å². The van der Waals surface area contributed by atoms with E-state index in [0.29, 0.717) is 36.2 Å². The van der Waals surface area contributed by atoms with Gasteiger partial charge in [-0.05, 0) is 36.6 Å². The highest BCUT2D eigenvalue weighted by molar-refractivity contribution is 6.42. The fourth-order valence-electron chi connectivity index (χ4n) is 2.62. The summed E-state index contributed by atoms with van der Waals surface area (Å²) in [6.07, 6.45) is 5.30. The molecule has 1 aliphatic carbocycles. The second kappa shape index (κ2) is 6.93. The molecule has 2 fully saturated rings. The maximum Gasteiger partial charge on any atom is 0.246 e. The molecule has 4 nitrogen and oxygen atoms in total. The van der Waals surface area contributed by atoms with Crippen LogP contribution in [0.1, 0.15) is 18.4 Å². The summed E-state index contributed by atoms with van der Waals surface area (Å²) in [6.45, 7) is 2.43. The van der Waals surface area contributed by atoms with Crippen molar-refractivity contribution in [3.05, 3.63) is 39.9 Å². The van der Waals surface area contributed by atoms with Gasteiger partial charge in [0, 0.05) is 38.2 Å². The molecule has 0 spiro atoms. The van der Waals surface area contributed by atoms with Gasteiger partial charge in [0.1, 0.15) is 0 Å². The lowest BCUT2D eigenvalue weighted by Gasteiger charge is -2.34. The third-order valence-corrected chi connectivity index (χ3v) is 4.93. The Kier molecular flexibility index (Phi) is 4.93. The van der Waals surface area contributed by atoms with Gasteiger partial charge in [0.25, 0.3) is 0 Å². The number of hydrogen-bond acceptors (Lipinski definition) is 2. The van der Waals surface area contributed by atoms with Crippen LogP contribution in [0, 0.1) is 5.92 Å². The number of carbonyl (C=O) groups excluding carboxylic acids is 2. The van der Waals surface area contributed by atoms with Gasteiger partial charge < -0.3 is 9.80 Å². The van der Waals surface area contributed by atoms with E-state index in [1.165, 1.54) is 6.08 Å². The molecule has 1 aromatic carbocycles. The largest absolute Gasteiger partial charge is 0.339 e. The van der Waals surface area contributed by atoms with Crippen molar-refractivity contribution < 1.29 is 9.59 Å². The van der Waals surface area contributed by atoms with Crippen molar-refractivity contribution >= 4 is 41.1 Å². The third kappa shape index (κ3) is 4.06. The zero-order chi connectivity index (χ0) is 16.4. The van der Waals surface area contributed by atoms with Crippen LogP contribution in [0.3, 0.4) is 0 Å². The molecular weight excluding hydrogens is 335 g/mol. The Balaban J connectivity index is 1.53. The Hall–Kier alpha value is -1.52. The highest BCUT2D eigenvalue weighted by Crippen LogP contribution is 2.31. The normalized spacial score (nSPS) is 18.5. The first-order valence-corrected chi connectivity index (χ1v) is 8.51. The van der Waals surface area contributed by atoms with Gasteiger partial charge in [-0.3, -0.25) is 9.59 Å². The molecule has 2 aliphatic rings. The summed E-state index contributed by atoms with van der Waals surface area (Å²) >= 11 is 11.8. The summed E-state index contributed by atoms with van der Waals surface area (Å²) in [4.78, 5) is 27.9. The van der Waals surface area contributed by atoms with Crippen LogP contribution in [0.2, 0.25) is 10.0 Å². The number of carbonyl (C=O) groups is 2. The Bertz CT molecular complexity index is 648. The summed E-state index contributed by atoms with van der Waals surface area (Å²) in [5.41, 5.74) is 0.829. The molecule has 1 aliphatic heterocycles. The van der Waals surface area contributed by atoms with E-state index in [9.17, 15) is 9.59 Å². The van der Waals surface area contributed by atoms with Crippen molar-refractivity contribution in [3.8, 4) is 0 Å². The van der Waals surface area contributed by atoms with Crippen molar-refractivity contribution in [1.82, 2.24) is 9.80 Å². The number of hydrogen-bond donors (Lipinski definition) is 0. The van der Waals surface area contributed by atoms with Gasteiger partial charge >= 0.3 is 0 Å². The molecular formula is C17H18Cl2N2O2. The van der Waals surface area contributed by atoms with Crippen molar-refractivity contribution in [2.24, 2.45) is 5.92 Å². The molecule has 3 rings (SSSR count). The van der Waals surface area contributed by atoms with Gasteiger partial charge in [-0.15, -0.1) is 0 Å². The van der Waals surface area contributed by atoms with Crippen molar-refractivity contribution in [1.29, 1.82) is 0 Å². The molecule has 0 aromatic heterocycles. The number of nitrogens with zero attached hydrogens (tertiary/aromatic N) is 2. The predicted octanol–water partition coefficient (Wildman–Crippen LogP) is 3.09. The van der Waals surface area contributed by atoms with Crippen LogP contribution in [-0.2, 0) is 9.59 Å². The Morgan fingerprint density at radius 1 is 1.00 bits per heavy atom. The highest BCUT2D eigenvalue weighted by atomic mass is 35.5. The molecule has 0 atom stereocenters. The molecule has 0 unspecified atom stereocenters. The van der Waals surface area contributed by atoms with Crippen LogP contribution < -0.4 is 0 Å². The average Bonchev–Trinajstić information content (AvgIpc) is 3.40. The minimum Gasteiger partial charge on any atom is -0.339 e. The van der Waals surface area contributed by atoms with Gasteiger partial charge in [0.2, 0.25) is 11.8 Å². The minimum atomic E-state index is -0.0467. The summed E-state index contributed by atoms with van der Waals surface area (Å²) in [6, 6.07) is 5.24. The maximum atomic E-state index is 12.2. The molecule has 1 saturated heterocycles. The molecule has 122 valence electrons. The molecule has 0 N–H and O–H groups in total.